The van der Waals surface area contributed by atoms with Crippen molar-refractivity contribution in [2.24, 2.45) is 0 Å². The largest absolute Gasteiger partial charge is 0.493 e. The van der Waals surface area contributed by atoms with E-state index < -0.39 is 5.97 Å². The molecule has 0 N–H and O–H groups in total. The molecular weight excluding hydrogens is 316 g/mol. The van der Waals surface area contributed by atoms with Crippen molar-refractivity contribution < 1.29 is 19.1 Å². The lowest BCUT2D eigenvalue weighted by atomic mass is 9.89. The van der Waals surface area contributed by atoms with E-state index in [4.69, 9.17) is 9.47 Å². The average Bonchev–Trinajstić information content (AvgIpc) is 2.66. The van der Waals surface area contributed by atoms with E-state index in [-0.39, 0.29) is 18.6 Å². The van der Waals surface area contributed by atoms with Gasteiger partial charge in [-0.2, -0.15) is 0 Å². The third kappa shape index (κ3) is 4.27. The Hall–Kier alpha value is -2.62. The maximum atomic E-state index is 12.4. The minimum Gasteiger partial charge on any atom is -0.493 e. The van der Waals surface area contributed by atoms with Crippen LogP contribution in [0.3, 0.4) is 0 Å². The number of hydrogen-bond acceptors (Lipinski definition) is 4. The molecule has 2 aromatic rings. The Balaban J connectivity index is 1.57. The molecule has 0 aliphatic heterocycles. The first kappa shape index (κ1) is 17.2. The number of ketones is 1. The minimum absolute atomic E-state index is 0.0228. The predicted molar refractivity (Wildman–Crippen MR) is 95.3 cm³/mol. The van der Waals surface area contributed by atoms with Gasteiger partial charge in [-0.1, -0.05) is 24.3 Å². The third-order valence-electron chi connectivity index (χ3n) is 4.52. The number of methoxy groups -OCH3 is 1. The SMILES string of the molecule is COc1ccccc1OC(=O)CCC(=O)c1ccc2c(c1)CCCC2. The van der Waals surface area contributed by atoms with Gasteiger partial charge in [0.15, 0.2) is 17.3 Å². The number of carbonyl (C=O) groups is 2. The molecule has 3 rings (SSSR count). The number of Topliss-reactive ketones (excluding diaryl/α,β-unsaturated/α-hetero) is 1. The highest BCUT2D eigenvalue weighted by Crippen LogP contribution is 2.26. The summed E-state index contributed by atoms with van der Waals surface area (Å²) in [5, 5.41) is 0. The normalized spacial score (nSPS) is 13.0. The number of fused-ring (bicyclic) bond motifs is 1. The number of rotatable bonds is 6. The summed E-state index contributed by atoms with van der Waals surface area (Å²) in [5.41, 5.74) is 3.30. The molecule has 4 heteroatoms. The molecule has 4 nitrogen and oxygen atoms in total. The van der Waals surface area contributed by atoms with E-state index in [1.165, 1.54) is 31.1 Å². The monoisotopic (exact) mass is 338 g/mol. The van der Waals surface area contributed by atoms with Crippen LogP contribution < -0.4 is 9.47 Å². The Morgan fingerprint density at radius 3 is 2.40 bits per heavy atom. The predicted octanol–water partition coefficient (Wildman–Crippen LogP) is 4.14. The first-order valence-electron chi connectivity index (χ1n) is 8.66. The van der Waals surface area contributed by atoms with Crippen molar-refractivity contribution in [3.05, 3.63) is 59.2 Å². The lowest BCUT2D eigenvalue weighted by Gasteiger charge is -2.16. The number of ether oxygens (including phenoxy) is 2. The molecule has 130 valence electrons. The summed E-state index contributed by atoms with van der Waals surface area (Å²) in [4.78, 5) is 24.4. The summed E-state index contributed by atoms with van der Waals surface area (Å²) in [7, 11) is 1.52. The van der Waals surface area contributed by atoms with Gasteiger partial charge in [-0.3, -0.25) is 9.59 Å². The number of carbonyl (C=O) groups excluding carboxylic acids is 2. The van der Waals surface area contributed by atoms with E-state index in [2.05, 4.69) is 6.07 Å². The van der Waals surface area contributed by atoms with Crippen molar-refractivity contribution >= 4 is 11.8 Å². The number of hydrogen-bond donors (Lipinski definition) is 0. The zero-order chi connectivity index (χ0) is 17.6. The van der Waals surface area contributed by atoms with E-state index in [0.717, 1.165) is 12.8 Å². The molecule has 25 heavy (non-hydrogen) atoms. The Kier molecular flexibility index (Phi) is 5.49. The van der Waals surface area contributed by atoms with Gasteiger partial charge in [-0.05, 0) is 55.0 Å². The molecule has 0 bridgehead atoms. The summed E-state index contributed by atoms with van der Waals surface area (Å²) in [6.07, 6.45) is 4.72. The van der Waals surface area contributed by atoms with Gasteiger partial charge in [0.25, 0.3) is 0 Å². The van der Waals surface area contributed by atoms with Crippen LogP contribution in [0.5, 0.6) is 11.5 Å². The highest BCUT2D eigenvalue weighted by atomic mass is 16.6. The first-order valence-corrected chi connectivity index (χ1v) is 8.66. The zero-order valence-corrected chi connectivity index (χ0v) is 14.4. The smallest absolute Gasteiger partial charge is 0.311 e. The van der Waals surface area contributed by atoms with Crippen LogP contribution in [0.15, 0.2) is 42.5 Å². The molecule has 0 amide bonds. The van der Waals surface area contributed by atoms with E-state index in [0.29, 0.717) is 17.1 Å². The average molecular weight is 338 g/mol. The molecule has 2 aromatic carbocycles. The zero-order valence-electron chi connectivity index (χ0n) is 14.4. The first-order chi connectivity index (χ1) is 12.2. The van der Waals surface area contributed by atoms with Gasteiger partial charge in [-0.25, -0.2) is 0 Å². The molecule has 0 saturated heterocycles. The van der Waals surface area contributed by atoms with Crippen LogP contribution in [0.2, 0.25) is 0 Å². The van der Waals surface area contributed by atoms with Gasteiger partial charge < -0.3 is 9.47 Å². The lowest BCUT2D eigenvalue weighted by Crippen LogP contribution is -2.12. The summed E-state index contributed by atoms with van der Waals surface area (Å²) in [5.74, 6) is 0.411. The highest BCUT2D eigenvalue weighted by Gasteiger charge is 2.15. The Morgan fingerprint density at radius 2 is 1.64 bits per heavy atom. The van der Waals surface area contributed by atoms with Crippen LogP contribution in [0, 0.1) is 0 Å². The Bertz CT molecular complexity index is 779. The summed E-state index contributed by atoms with van der Waals surface area (Å²) < 4.78 is 10.4. The number of benzene rings is 2. The number of aryl methyl sites for hydroxylation is 2. The van der Waals surface area contributed by atoms with Crippen LogP contribution in [0.4, 0.5) is 0 Å². The second-order valence-electron chi connectivity index (χ2n) is 6.24. The standard InChI is InChI=1S/C21H22O4/c1-24-19-8-4-5-9-20(19)25-21(23)13-12-18(22)17-11-10-15-6-2-3-7-16(15)14-17/h4-5,8-11,14H,2-3,6-7,12-13H2,1H3. The van der Waals surface area contributed by atoms with Gasteiger partial charge in [0, 0.05) is 12.0 Å². The summed E-state index contributed by atoms with van der Waals surface area (Å²) in [6, 6.07) is 12.9. The van der Waals surface area contributed by atoms with E-state index in [9.17, 15) is 9.59 Å². The van der Waals surface area contributed by atoms with Gasteiger partial charge >= 0.3 is 5.97 Å². The topological polar surface area (TPSA) is 52.6 Å². The molecule has 0 spiro atoms. The molecule has 1 aliphatic carbocycles. The maximum Gasteiger partial charge on any atom is 0.311 e. The van der Waals surface area contributed by atoms with E-state index in [1.54, 1.807) is 24.3 Å². The third-order valence-corrected chi connectivity index (χ3v) is 4.52. The van der Waals surface area contributed by atoms with Crippen LogP contribution >= 0.6 is 0 Å². The molecule has 0 atom stereocenters. The lowest BCUT2D eigenvalue weighted by molar-refractivity contribution is -0.134. The van der Waals surface area contributed by atoms with Crippen LogP contribution in [-0.4, -0.2) is 18.9 Å². The second-order valence-corrected chi connectivity index (χ2v) is 6.24. The molecule has 0 aromatic heterocycles. The highest BCUT2D eigenvalue weighted by molar-refractivity contribution is 5.98. The fraction of sp³-hybridized carbons (Fsp3) is 0.333. The van der Waals surface area contributed by atoms with Gasteiger partial charge in [-0.15, -0.1) is 0 Å². The van der Waals surface area contributed by atoms with Gasteiger partial charge in [0.1, 0.15) is 0 Å². The van der Waals surface area contributed by atoms with Crippen molar-refractivity contribution in [3.63, 3.8) is 0 Å². The molecular formula is C21H22O4. The van der Waals surface area contributed by atoms with Crippen molar-refractivity contribution in [2.45, 2.75) is 38.5 Å². The van der Waals surface area contributed by atoms with Crippen LogP contribution in [-0.2, 0) is 17.6 Å². The Morgan fingerprint density at radius 1 is 0.920 bits per heavy atom. The van der Waals surface area contributed by atoms with E-state index in [1.807, 2.05) is 12.1 Å². The number of para-hydroxylation sites is 2. The molecule has 0 unspecified atom stereocenters. The quantitative estimate of drug-likeness (QED) is 0.451. The summed E-state index contributed by atoms with van der Waals surface area (Å²) in [6.45, 7) is 0. The van der Waals surface area contributed by atoms with E-state index >= 15 is 0 Å². The van der Waals surface area contributed by atoms with Crippen molar-refractivity contribution in [1.29, 1.82) is 0 Å². The van der Waals surface area contributed by atoms with Crippen molar-refractivity contribution in [1.82, 2.24) is 0 Å². The molecule has 0 radical (unpaired) electrons. The Labute approximate surface area is 147 Å². The van der Waals surface area contributed by atoms with Crippen molar-refractivity contribution in [2.75, 3.05) is 7.11 Å². The molecule has 1 aliphatic rings. The minimum atomic E-state index is -0.434. The van der Waals surface area contributed by atoms with Gasteiger partial charge in [0.2, 0.25) is 0 Å². The maximum absolute atomic E-state index is 12.4. The fourth-order valence-electron chi connectivity index (χ4n) is 3.14. The van der Waals surface area contributed by atoms with Gasteiger partial charge in [0.05, 0.1) is 13.5 Å². The van der Waals surface area contributed by atoms with Crippen LogP contribution in [0.1, 0.15) is 47.2 Å². The van der Waals surface area contributed by atoms with Crippen molar-refractivity contribution in [3.8, 4) is 11.5 Å². The van der Waals surface area contributed by atoms with Crippen LogP contribution in [0.25, 0.3) is 0 Å². The second kappa shape index (κ2) is 7.97. The summed E-state index contributed by atoms with van der Waals surface area (Å²) >= 11 is 0. The molecule has 0 saturated carbocycles. The molecule has 0 heterocycles. The fourth-order valence-corrected chi connectivity index (χ4v) is 3.14. The number of esters is 1. The molecule has 0 fully saturated rings.